The molecule has 0 saturated carbocycles. The molecule has 0 radical (unpaired) electrons. The van der Waals surface area contributed by atoms with Crippen LogP contribution in [0.3, 0.4) is 0 Å². The number of aromatic nitrogens is 3. The minimum absolute atomic E-state index is 0.0896. The monoisotopic (exact) mass is 248 g/mol. The second kappa shape index (κ2) is 4.24. The highest BCUT2D eigenvalue weighted by Crippen LogP contribution is 2.29. The topological polar surface area (TPSA) is 65.0 Å². The van der Waals surface area contributed by atoms with Gasteiger partial charge in [0.05, 0.1) is 5.39 Å². The van der Waals surface area contributed by atoms with Gasteiger partial charge in [0, 0.05) is 19.2 Å². The van der Waals surface area contributed by atoms with Crippen molar-refractivity contribution in [3.63, 3.8) is 0 Å². The van der Waals surface area contributed by atoms with Crippen molar-refractivity contribution in [3.8, 4) is 0 Å². The summed E-state index contributed by atoms with van der Waals surface area (Å²) in [5, 5.41) is 11.5. The Kier molecular flexibility index (Phi) is 3.02. The quantitative estimate of drug-likeness (QED) is 0.816. The molecule has 0 amide bonds. The van der Waals surface area contributed by atoms with Crippen LogP contribution in [0.2, 0.25) is 0 Å². The van der Waals surface area contributed by atoms with Crippen molar-refractivity contribution in [2.24, 2.45) is 5.92 Å². The van der Waals surface area contributed by atoms with Crippen LogP contribution in [0.15, 0.2) is 12.3 Å². The third-order valence-corrected chi connectivity index (χ3v) is 3.60. The smallest absolute Gasteiger partial charge is 0.143 e. The van der Waals surface area contributed by atoms with Crippen molar-refractivity contribution in [2.75, 3.05) is 11.9 Å². The van der Waals surface area contributed by atoms with Crippen LogP contribution in [0, 0.1) is 12.8 Å². The lowest BCUT2D eigenvalue weighted by Crippen LogP contribution is -2.48. The van der Waals surface area contributed by atoms with Crippen molar-refractivity contribution < 1.29 is 5.11 Å². The van der Waals surface area contributed by atoms with E-state index in [1.54, 1.807) is 6.92 Å². The molecule has 2 heterocycles. The molecular weight excluding hydrogens is 228 g/mol. The van der Waals surface area contributed by atoms with Crippen molar-refractivity contribution in [1.29, 1.82) is 0 Å². The average molecular weight is 248 g/mol. The van der Waals surface area contributed by atoms with Crippen molar-refractivity contribution in [2.45, 2.75) is 33.4 Å². The van der Waals surface area contributed by atoms with E-state index in [1.807, 2.05) is 45.0 Å². The number of H-pyrrole nitrogens is 1. The van der Waals surface area contributed by atoms with Crippen LogP contribution in [0.5, 0.6) is 0 Å². The largest absolute Gasteiger partial charge is 0.371 e. The Labute approximate surface area is 107 Å². The number of aliphatic hydroxyl groups is 1. The zero-order valence-electron chi connectivity index (χ0n) is 11.5. The second-order valence-electron chi connectivity index (χ2n) is 5.14. The fraction of sp³-hybridized carbons (Fsp3) is 0.538. The standard InChI is InChI=1S/C13H20N4O/c1-8(2)13(4,18)17(5)12-10-6-7-14-11(10)15-9(3)16-12/h6-8,18H,1-5H3,(H,14,15,16). The summed E-state index contributed by atoms with van der Waals surface area (Å²) in [5.74, 6) is 1.52. The summed E-state index contributed by atoms with van der Waals surface area (Å²) < 4.78 is 0. The van der Waals surface area contributed by atoms with Gasteiger partial charge in [-0.3, -0.25) is 0 Å². The van der Waals surface area contributed by atoms with Gasteiger partial charge in [-0.1, -0.05) is 13.8 Å². The second-order valence-corrected chi connectivity index (χ2v) is 5.14. The van der Waals surface area contributed by atoms with Gasteiger partial charge in [-0.25, -0.2) is 9.97 Å². The molecule has 0 saturated heterocycles. The first-order chi connectivity index (χ1) is 8.34. The van der Waals surface area contributed by atoms with E-state index in [1.165, 1.54) is 0 Å². The molecule has 1 unspecified atom stereocenters. The van der Waals surface area contributed by atoms with Gasteiger partial charge in [0.25, 0.3) is 0 Å². The minimum Gasteiger partial charge on any atom is -0.371 e. The van der Waals surface area contributed by atoms with Gasteiger partial charge in [-0.05, 0) is 19.9 Å². The Morgan fingerprint density at radius 3 is 2.67 bits per heavy atom. The molecule has 0 spiro atoms. The number of rotatable bonds is 3. The van der Waals surface area contributed by atoms with E-state index in [4.69, 9.17) is 0 Å². The van der Waals surface area contributed by atoms with E-state index in [0.29, 0.717) is 5.82 Å². The average Bonchev–Trinajstić information content (AvgIpc) is 2.74. The number of anilines is 1. The van der Waals surface area contributed by atoms with Crippen LogP contribution < -0.4 is 4.90 Å². The molecule has 18 heavy (non-hydrogen) atoms. The molecule has 0 aliphatic heterocycles. The number of fused-ring (bicyclic) bond motifs is 1. The summed E-state index contributed by atoms with van der Waals surface area (Å²) in [6.45, 7) is 7.62. The summed E-state index contributed by atoms with van der Waals surface area (Å²) in [6.07, 6.45) is 1.83. The first-order valence-corrected chi connectivity index (χ1v) is 6.12. The SMILES string of the molecule is Cc1nc(N(C)C(C)(O)C(C)C)c2cc[nH]c2n1. The summed E-state index contributed by atoms with van der Waals surface area (Å²) in [5.41, 5.74) is -0.158. The van der Waals surface area contributed by atoms with Gasteiger partial charge in [0.1, 0.15) is 23.0 Å². The Hall–Kier alpha value is -1.62. The molecule has 2 aromatic rings. The number of nitrogens with zero attached hydrogens (tertiary/aromatic N) is 3. The van der Waals surface area contributed by atoms with Gasteiger partial charge in [0.15, 0.2) is 0 Å². The zero-order valence-corrected chi connectivity index (χ0v) is 11.5. The predicted molar refractivity (Wildman–Crippen MR) is 72.5 cm³/mol. The van der Waals surface area contributed by atoms with E-state index in [0.717, 1.165) is 16.9 Å². The highest BCUT2D eigenvalue weighted by molar-refractivity contribution is 5.87. The highest BCUT2D eigenvalue weighted by Gasteiger charge is 2.32. The Bertz CT molecular complexity index is 559. The summed E-state index contributed by atoms with van der Waals surface area (Å²) in [4.78, 5) is 13.7. The first-order valence-electron chi connectivity index (χ1n) is 6.12. The zero-order chi connectivity index (χ0) is 13.5. The Morgan fingerprint density at radius 2 is 2.06 bits per heavy atom. The predicted octanol–water partition coefficient (Wildman–Crippen LogP) is 2.07. The molecule has 0 fully saturated rings. The maximum Gasteiger partial charge on any atom is 0.143 e. The number of aromatic amines is 1. The summed E-state index contributed by atoms with van der Waals surface area (Å²) in [6, 6.07) is 1.93. The first kappa shape index (κ1) is 12.8. The number of hydrogen-bond acceptors (Lipinski definition) is 4. The number of aryl methyl sites for hydroxylation is 1. The van der Waals surface area contributed by atoms with Crippen LogP contribution in [-0.4, -0.2) is 32.8 Å². The third kappa shape index (κ3) is 1.95. The molecule has 1 atom stereocenters. The lowest BCUT2D eigenvalue weighted by atomic mass is 10.00. The summed E-state index contributed by atoms with van der Waals surface area (Å²) in [7, 11) is 1.86. The molecule has 0 aliphatic rings. The van der Waals surface area contributed by atoms with Crippen molar-refractivity contribution in [1.82, 2.24) is 15.0 Å². The Balaban J connectivity index is 2.57. The number of hydrogen-bond donors (Lipinski definition) is 2. The number of nitrogens with one attached hydrogen (secondary N) is 1. The van der Waals surface area contributed by atoms with E-state index in [-0.39, 0.29) is 5.92 Å². The maximum absolute atomic E-state index is 10.6. The molecule has 5 heteroatoms. The fourth-order valence-electron chi connectivity index (χ4n) is 1.89. The lowest BCUT2D eigenvalue weighted by molar-refractivity contribution is 0.0145. The molecule has 5 nitrogen and oxygen atoms in total. The van der Waals surface area contributed by atoms with Gasteiger partial charge in [0.2, 0.25) is 0 Å². The van der Waals surface area contributed by atoms with Gasteiger partial charge in [-0.15, -0.1) is 0 Å². The van der Waals surface area contributed by atoms with Crippen LogP contribution in [0.4, 0.5) is 5.82 Å². The molecule has 2 N–H and O–H groups in total. The van der Waals surface area contributed by atoms with Crippen molar-refractivity contribution in [3.05, 3.63) is 18.1 Å². The maximum atomic E-state index is 10.6. The molecule has 0 bridgehead atoms. The molecule has 2 aromatic heterocycles. The molecule has 0 aromatic carbocycles. The molecule has 98 valence electrons. The lowest BCUT2D eigenvalue weighted by Gasteiger charge is -2.38. The minimum atomic E-state index is -0.953. The van der Waals surface area contributed by atoms with Crippen molar-refractivity contribution >= 4 is 16.9 Å². The van der Waals surface area contributed by atoms with Gasteiger partial charge in [-0.2, -0.15) is 0 Å². The fourth-order valence-corrected chi connectivity index (χ4v) is 1.89. The van der Waals surface area contributed by atoms with E-state index in [9.17, 15) is 5.11 Å². The van der Waals surface area contributed by atoms with Gasteiger partial charge >= 0.3 is 0 Å². The molecule has 0 aliphatic carbocycles. The summed E-state index contributed by atoms with van der Waals surface area (Å²) >= 11 is 0. The van der Waals surface area contributed by atoms with E-state index >= 15 is 0 Å². The molecule has 2 rings (SSSR count). The third-order valence-electron chi connectivity index (χ3n) is 3.60. The van der Waals surface area contributed by atoms with E-state index < -0.39 is 5.72 Å². The van der Waals surface area contributed by atoms with Crippen LogP contribution in [0.1, 0.15) is 26.6 Å². The molecular formula is C13H20N4O. The van der Waals surface area contributed by atoms with Crippen LogP contribution in [0.25, 0.3) is 11.0 Å². The highest BCUT2D eigenvalue weighted by atomic mass is 16.3. The Morgan fingerprint density at radius 1 is 1.39 bits per heavy atom. The van der Waals surface area contributed by atoms with Crippen LogP contribution >= 0.6 is 0 Å². The normalized spacial score (nSPS) is 15.1. The van der Waals surface area contributed by atoms with Crippen LogP contribution in [-0.2, 0) is 0 Å². The van der Waals surface area contributed by atoms with E-state index in [2.05, 4.69) is 15.0 Å². The van der Waals surface area contributed by atoms with Gasteiger partial charge < -0.3 is 15.0 Å².